The molecule has 0 unspecified atom stereocenters. The number of hydrogen-bond donors (Lipinski definition) is 0. The first-order valence-corrected chi connectivity index (χ1v) is 8.14. The third-order valence-corrected chi connectivity index (χ3v) is 3.89. The third kappa shape index (κ3) is 4.13. The summed E-state index contributed by atoms with van der Waals surface area (Å²) in [6.45, 7) is 5.72. The van der Waals surface area contributed by atoms with Crippen LogP contribution >= 0.6 is 0 Å². The Labute approximate surface area is 152 Å². The summed E-state index contributed by atoms with van der Waals surface area (Å²) in [6, 6.07) is 13.0. The third-order valence-electron chi connectivity index (χ3n) is 3.89. The Morgan fingerprint density at radius 3 is 2.54 bits per heavy atom. The van der Waals surface area contributed by atoms with E-state index in [4.69, 9.17) is 18.9 Å². The van der Waals surface area contributed by atoms with Crippen molar-refractivity contribution in [3.63, 3.8) is 0 Å². The van der Waals surface area contributed by atoms with Crippen LogP contribution in [0.2, 0.25) is 0 Å². The van der Waals surface area contributed by atoms with Gasteiger partial charge in [-0.15, -0.1) is 0 Å². The van der Waals surface area contributed by atoms with Crippen molar-refractivity contribution in [2.75, 3.05) is 20.5 Å². The lowest BCUT2D eigenvalue weighted by molar-refractivity contribution is -0.130. The zero-order valence-corrected chi connectivity index (χ0v) is 14.8. The summed E-state index contributed by atoms with van der Waals surface area (Å²) in [5, 5.41) is 0. The zero-order chi connectivity index (χ0) is 18.5. The van der Waals surface area contributed by atoms with Crippen molar-refractivity contribution < 1.29 is 23.7 Å². The highest BCUT2D eigenvalue weighted by Crippen LogP contribution is 2.31. The quantitative estimate of drug-likeness (QED) is 0.471. The molecule has 0 bridgehead atoms. The van der Waals surface area contributed by atoms with Crippen LogP contribution in [0.15, 0.2) is 54.6 Å². The zero-order valence-electron chi connectivity index (χ0n) is 14.8. The molecule has 1 heterocycles. The largest absolute Gasteiger partial charge is 0.497 e. The van der Waals surface area contributed by atoms with E-state index < -0.39 is 5.97 Å². The molecule has 0 radical (unpaired) electrons. The van der Waals surface area contributed by atoms with Gasteiger partial charge in [0.05, 0.1) is 13.7 Å². The number of carbonyl (C=O) groups excluding carboxylic acids is 1. The minimum atomic E-state index is -0.471. The van der Waals surface area contributed by atoms with Crippen LogP contribution in [0.25, 0.3) is 11.6 Å². The molecule has 0 N–H and O–H groups in total. The van der Waals surface area contributed by atoms with Crippen molar-refractivity contribution in [3.8, 4) is 17.2 Å². The predicted octanol–water partition coefficient (Wildman–Crippen LogP) is 4.08. The monoisotopic (exact) mass is 352 g/mol. The van der Waals surface area contributed by atoms with Gasteiger partial charge in [0.2, 0.25) is 0 Å². The Hall–Kier alpha value is -3.05. The van der Waals surface area contributed by atoms with Crippen LogP contribution in [-0.2, 0) is 9.53 Å². The molecule has 0 aromatic heterocycles. The maximum absolute atomic E-state index is 11.7. The predicted molar refractivity (Wildman–Crippen MR) is 99.2 cm³/mol. The summed E-state index contributed by atoms with van der Waals surface area (Å²) >= 11 is 0. The van der Waals surface area contributed by atoms with Crippen LogP contribution in [-0.4, -0.2) is 26.5 Å². The topological polar surface area (TPSA) is 54.0 Å². The van der Waals surface area contributed by atoms with E-state index >= 15 is 0 Å². The van der Waals surface area contributed by atoms with Crippen molar-refractivity contribution >= 4 is 17.6 Å². The van der Waals surface area contributed by atoms with E-state index in [9.17, 15) is 4.79 Å². The van der Waals surface area contributed by atoms with E-state index in [2.05, 4.69) is 6.58 Å². The van der Waals surface area contributed by atoms with Crippen molar-refractivity contribution in [2.45, 2.75) is 6.92 Å². The molecule has 1 aliphatic rings. The number of hydrogen-bond acceptors (Lipinski definition) is 5. The van der Waals surface area contributed by atoms with Crippen LogP contribution in [0.5, 0.6) is 17.2 Å². The summed E-state index contributed by atoms with van der Waals surface area (Å²) in [6.07, 6.45) is 2.00. The van der Waals surface area contributed by atoms with Gasteiger partial charge in [0.25, 0.3) is 0 Å². The van der Waals surface area contributed by atoms with Crippen LogP contribution < -0.4 is 14.2 Å². The Kier molecular flexibility index (Phi) is 5.39. The number of ether oxygens (including phenoxy) is 4. The molecule has 0 amide bonds. The minimum absolute atomic E-state index is 0.110. The second kappa shape index (κ2) is 7.89. The maximum atomic E-state index is 11.7. The van der Waals surface area contributed by atoms with Gasteiger partial charge in [-0.2, -0.15) is 0 Å². The van der Waals surface area contributed by atoms with E-state index in [1.807, 2.05) is 36.4 Å². The molecule has 1 aliphatic heterocycles. The highest BCUT2D eigenvalue weighted by Gasteiger charge is 2.13. The van der Waals surface area contributed by atoms with E-state index in [-0.39, 0.29) is 6.79 Å². The van der Waals surface area contributed by atoms with Gasteiger partial charge in [-0.25, -0.2) is 4.79 Å². The summed E-state index contributed by atoms with van der Waals surface area (Å²) in [5.41, 5.74) is 3.28. The summed E-state index contributed by atoms with van der Waals surface area (Å²) in [5.74, 6) is 1.31. The fourth-order valence-corrected chi connectivity index (χ4v) is 2.47. The lowest BCUT2D eigenvalue weighted by Crippen LogP contribution is -2.11. The first kappa shape index (κ1) is 17.8. The van der Waals surface area contributed by atoms with Gasteiger partial charge in [0, 0.05) is 17.2 Å². The van der Waals surface area contributed by atoms with Crippen LogP contribution in [0, 0.1) is 0 Å². The fraction of sp³-hybridized carbons (Fsp3) is 0.190. The Balaban J connectivity index is 1.91. The molecular formula is C21H20O5. The molecule has 0 saturated carbocycles. The van der Waals surface area contributed by atoms with Crippen molar-refractivity contribution in [1.82, 2.24) is 0 Å². The van der Waals surface area contributed by atoms with Gasteiger partial charge in [-0.3, -0.25) is 0 Å². The average molecular weight is 352 g/mol. The molecule has 134 valence electrons. The number of fused-ring (bicyclic) bond motifs is 1. The standard InChI is InChI=1S/C21H20O5/c1-14(2)21(22)26-19-9-6-16-10-17(12-24-13-25-20(16)11-19)15-4-7-18(23-3)8-5-15/h4-11H,1,12-13H2,2-3H3. The summed E-state index contributed by atoms with van der Waals surface area (Å²) in [7, 11) is 1.64. The van der Waals surface area contributed by atoms with Crippen LogP contribution in [0.3, 0.4) is 0 Å². The number of rotatable bonds is 4. The molecule has 5 nitrogen and oxygen atoms in total. The van der Waals surface area contributed by atoms with Crippen LogP contribution in [0.1, 0.15) is 18.1 Å². The first-order chi connectivity index (χ1) is 12.6. The molecule has 0 saturated heterocycles. The smallest absolute Gasteiger partial charge is 0.338 e. The van der Waals surface area contributed by atoms with Crippen molar-refractivity contribution in [1.29, 1.82) is 0 Å². The number of carbonyl (C=O) groups is 1. The Bertz CT molecular complexity index is 849. The molecular weight excluding hydrogens is 332 g/mol. The average Bonchev–Trinajstić information content (AvgIpc) is 2.63. The Morgan fingerprint density at radius 1 is 1.12 bits per heavy atom. The van der Waals surface area contributed by atoms with Gasteiger partial charge in [0.1, 0.15) is 17.2 Å². The molecule has 0 atom stereocenters. The lowest BCUT2D eigenvalue weighted by atomic mass is 10.0. The molecule has 3 rings (SSSR count). The number of benzene rings is 2. The second-order valence-electron chi connectivity index (χ2n) is 5.88. The summed E-state index contributed by atoms with van der Waals surface area (Å²) < 4.78 is 21.7. The van der Waals surface area contributed by atoms with E-state index in [0.717, 1.165) is 22.4 Å². The Morgan fingerprint density at radius 2 is 1.85 bits per heavy atom. The van der Waals surface area contributed by atoms with Gasteiger partial charge < -0.3 is 18.9 Å². The van der Waals surface area contributed by atoms with Crippen molar-refractivity contribution in [3.05, 3.63) is 65.7 Å². The van der Waals surface area contributed by atoms with Gasteiger partial charge >= 0.3 is 5.97 Å². The van der Waals surface area contributed by atoms with Crippen molar-refractivity contribution in [2.24, 2.45) is 0 Å². The van der Waals surface area contributed by atoms with Gasteiger partial charge in [0.15, 0.2) is 6.79 Å². The summed E-state index contributed by atoms with van der Waals surface area (Å²) in [4.78, 5) is 11.7. The molecule has 0 spiro atoms. The SMILES string of the molecule is C=C(C)C(=O)Oc1ccc2c(c1)OCOCC(c1ccc(OC)cc1)=C2. The van der Waals surface area contributed by atoms with Crippen LogP contribution in [0.4, 0.5) is 0 Å². The van der Waals surface area contributed by atoms with E-state index in [0.29, 0.717) is 23.7 Å². The molecule has 26 heavy (non-hydrogen) atoms. The molecule has 0 aliphatic carbocycles. The highest BCUT2D eigenvalue weighted by molar-refractivity contribution is 5.89. The van der Waals surface area contributed by atoms with Gasteiger partial charge in [-0.1, -0.05) is 18.7 Å². The fourth-order valence-electron chi connectivity index (χ4n) is 2.47. The normalized spacial score (nSPS) is 13.4. The molecule has 2 aromatic rings. The number of esters is 1. The van der Waals surface area contributed by atoms with E-state index in [1.54, 1.807) is 26.2 Å². The minimum Gasteiger partial charge on any atom is -0.497 e. The molecule has 0 fully saturated rings. The number of methoxy groups -OCH3 is 1. The lowest BCUT2D eigenvalue weighted by Gasteiger charge is -2.17. The highest BCUT2D eigenvalue weighted by atomic mass is 16.7. The van der Waals surface area contributed by atoms with E-state index in [1.165, 1.54) is 0 Å². The maximum Gasteiger partial charge on any atom is 0.338 e. The molecule has 5 heteroatoms. The molecule has 2 aromatic carbocycles. The first-order valence-electron chi connectivity index (χ1n) is 8.14. The second-order valence-corrected chi connectivity index (χ2v) is 5.88. The van der Waals surface area contributed by atoms with Gasteiger partial charge in [-0.05, 0) is 48.4 Å².